The van der Waals surface area contributed by atoms with E-state index in [1.165, 1.54) is 0 Å². The first kappa shape index (κ1) is 15.4. The van der Waals surface area contributed by atoms with E-state index in [-0.39, 0.29) is 17.9 Å². The van der Waals surface area contributed by atoms with Crippen LogP contribution in [0.5, 0.6) is 0 Å². The molecule has 0 saturated carbocycles. The van der Waals surface area contributed by atoms with Gasteiger partial charge in [-0.05, 0) is 19.4 Å². The number of carbonyl (C=O) groups excluding carboxylic acids is 1. The van der Waals surface area contributed by atoms with Crippen molar-refractivity contribution in [1.29, 1.82) is 0 Å². The Morgan fingerprint density at radius 3 is 2.61 bits per heavy atom. The molecule has 1 heterocycles. The maximum Gasteiger partial charge on any atom is 0.227 e. The summed E-state index contributed by atoms with van der Waals surface area (Å²) in [5, 5.41) is 3.27. The molecule has 1 fully saturated rings. The van der Waals surface area contributed by atoms with Gasteiger partial charge in [0, 0.05) is 27.3 Å². The summed E-state index contributed by atoms with van der Waals surface area (Å²) >= 11 is 0. The molecule has 5 nitrogen and oxygen atoms in total. The Kier molecular flexibility index (Phi) is 6.60. The van der Waals surface area contributed by atoms with E-state index in [2.05, 4.69) is 12.2 Å². The Labute approximate surface area is 110 Å². The van der Waals surface area contributed by atoms with E-state index in [0.29, 0.717) is 25.7 Å². The standard InChI is InChI=1S/C13H26N2O3/c1-10-7-14-8-12(10)13(16)15(5-6-17-3)11(2)9-18-4/h10-12,14H,5-9H2,1-4H3. The molecule has 3 unspecified atom stereocenters. The van der Waals surface area contributed by atoms with Crippen LogP contribution in [0.15, 0.2) is 0 Å². The largest absolute Gasteiger partial charge is 0.383 e. The van der Waals surface area contributed by atoms with Gasteiger partial charge >= 0.3 is 0 Å². The van der Waals surface area contributed by atoms with Gasteiger partial charge < -0.3 is 19.7 Å². The van der Waals surface area contributed by atoms with Gasteiger partial charge in [-0.2, -0.15) is 0 Å². The summed E-state index contributed by atoms with van der Waals surface area (Å²) in [5.74, 6) is 0.701. The normalized spacial score (nSPS) is 25.1. The second-order valence-corrected chi connectivity index (χ2v) is 5.07. The Balaban J connectivity index is 2.65. The highest BCUT2D eigenvalue weighted by atomic mass is 16.5. The fourth-order valence-electron chi connectivity index (χ4n) is 2.42. The maximum absolute atomic E-state index is 12.6. The SMILES string of the molecule is COCCN(C(=O)C1CNCC1C)C(C)COC. The lowest BCUT2D eigenvalue weighted by atomic mass is 9.96. The summed E-state index contributed by atoms with van der Waals surface area (Å²) in [6.07, 6.45) is 0. The summed E-state index contributed by atoms with van der Waals surface area (Å²) in [4.78, 5) is 14.4. The van der Waals surface area contributed by atoms with E-state index in [4.69, 9.17) is 9.47 Å². The third-order valence-corrected chi connectivity index (χ3v) is 3.59. The molecule has 0 aromatic rings. The van der Waals surface area contributed by atoms with Crippen LogP contribution in [0.3, 0.4) is 0 Å². The average molecular weight is 258 g/mol. The first-order valence-electron chi connectivity index (χ1n) is 6.60. The third kappa shape index (κ3) is 3.93. The molecule has 1 saturated heterocycles. The Morgan fingerprint density at radius 1 is 1.39 bits per heavy atom. The highest BCUT2D eigenvalue weighted by molar-refractivity contribution is 5.80. The van der Waals surface area contributed by atoms with E-state index < -0.39 is 0 Å². The smallest absolute Gasteiger partial charge is 0.227 e. The van der Waals surface area contributed by atoms with Crippen LogP contribution in [-0.2, 0) is 14.3 Å². The van der Waals surface area contributed by atoms with Crippen molar-refractivity contribution in [3.63, 3.8) is 0 Å². The average Bonchev–Trinajstić information content (AvgIpc) is 2.76. The maximum atomic E-state index is 12.6. The van der Waals surface area contributed by atoms with E-state index in [1.54, 1.807) is 14.2 Å². The molecule has 5 heteroatoms. The molecule has 0 radical (unpaired) electrons. The molecule has 18 heavy (non-hydrogen) atoms. The number of nitrogens with zero attached hydrogens (tertiary/aromatic N) is 1. The molecular formula is C13H26N2O3. The lowest BCUT2D eigenvalue weighted by Crippen LogP contribution is -2.47. The molecule has 1 aliphatic heterocycles. The van der Waals surface area contributed by atoms with Crippen molar-refractivity contribution in [2.75, 3.05) is 47.1 Å². The van der Waals surface area contributed by atoms with E-state index in [0.717, 1.165) is 13.1 Å². The Hall–Kier alpha value is -0.650. The number of nitrogens with one attached hydrogen (secondary N) is 1. The molecule has 1 N–H and O–H groups in total. The van der Waals surface area contributed by atoms with E-state index in [9.17, 15) is 4.79 Å². The van der Waals surface area contributed by atoms with Crippen LogP contribution >= 0.6 is 0 Å². The van der Waals surface area contributed by atoms with Crippen LogP contribution in [0.4, 0.5) is 0 Å². The number of amides is 1. The number of hydrogen-bond donors (Lipinski definition) is 1. The molecule has 1 amide bonds. The zero-order valence-electron chi connectivity index (χ0n) is 11.9. The molecule has 0 bridgehead atoms. The number of hydrogen-bond acceptors (Lipinski definition) is 4. The topological polar surface area (TPSA) is 50.8 Å². The minimum absolute atomic E-state index is 0.0844. The summed E-state index contributed by atoms with van der Waals surface area (Å²) in [5.41, 5.74) is 0. The van der Waals surface area contributed by atoms with Crippen LogP contribution in [0.2, 0.25) is 0 Å². The van der Waals surface area contributed by atoms with Crippen LogP contribution < -0.4 is 5.32 Å². The molecule has 0 aromatic carbocycles. The molecule has 0 spiro atoms. The van der Waals surface area contributed by atoms with Crippen molar-refractivity contribution in [3.05, 3.63) is 0 Å². The zero-order valence-corrected chi connectivity index (χ0v) is 11.9. The second kappa shape index (κ2) is 7.71. The first-order chi connectivity index (χ1) is 8.61. The number of methoxy groups -OCH3 is 2. The van der Waals surface area contributed by atoms with Crippen molar-refractivity contribution in [2.24, 2.45) is 11.8 Å². The molecule has 1 rings (SSSR count). The second-order valence-electron chi connectivity index (χ2n) is 5.07. The van der Waals surface area contributed by atoms with Crippen LogP contribution in [0.25, 0.3) is 0 Å². The Bertz CT molecular complexity index is 261. The lowest BCUT2D eigenvalue weighted by molar-refractivity contribution is -0.139. The molecule has 106 valence electrons. The van der Waals surface area contributed by atoms with Crippen molar-refractivity contribution in [2.45, 2.75) is 19.9 Å². The van der Waals surface area contributed by atoms with Gasteiger partial charge in [0.25, 0.3) is 0 Å². The predicted molar refractivity (Wildman–Crippen MR) is 70.5 cm³/mol. The van der Waals surface area contributed by atoms with Crippen LogP contribution in [0.1, 0.15) is 13.8 Å². The number of ether oxygens (including phenoxy) is 2. The first-order valence-corrected chi connectivity index (χ1v) is 6.60. The fourth-order valence-corrected chi connectivity index (χ4v) is 2.42. The molecule has 1 aliphatic rings. The van der Waals surface area contributed by atoms with Gasteiger partial charge in [-0.1, -0.05) is 6.92 Å². The van der Waals surface area contributed by atoms with Crippen molar-refractivity contribution < 1.29 is 14.3 Å². The van der Waals surface area contributed by atoms with Gasteiger partial charge in [0.2, 0.25) is 5.91 Å². The quantitative estimate of drug-likeness (QED) is 0.716. The van der Waals surface area contributed by atoms with Gasteiger partial charge in [-0.15, -0.1) is 0 Å². The lowest BCUT2D eigenvalue weighted by Gasteiger charge is -2.31. The molecule has 3 atom stereocenters. The summed E-state index contributed by atoms with van der Waals surface area (Å²) in [7, 11) is 3.32. The van der Waals surface area contributed by atoms with Crippen molar-refractivity contribution >= 4 is 5.91 Å². The highest BCUT2D eigenvalue weighted by Gasteiger charge is 2.34. The molecular weight excluding hydrogens is 232 g/mol. The van der Waals surface area contributed by atoms with Gasteiger partial charge in [0.1, 0.15) is 0 Å². The van der Waals surface area contributed by atoms with Crippen LogP contribution in [-0.4, -0.2) is 63.9 Å². The predicted octanol–water partition coefficient (Wildman–Crippen LogP) is 0.352. The van der Waals surface area contributed by atoms with E-state index >= 15 is 0 Å². The fraction of sp³-hybridized carbons (Fsp3) is 0.923. The third-order valence-electron chi connectivity index (χ3n) is 3.59. The highest BCUT2D eigenvalue weighted by Crippen LogP contribution is 2.19. The minimum atomic E-state index is 0.0844. The number of carbonyl (C=O) groups is 1. The van der Waals surface area contributed by atoms with Gasteiger partial charge in [0.05, 0.1) is 25.2 Å². The number of rotatable bonds is 7. The van der Waals surface area contributed by atoms with Gasteiger partial charge in [-0.25, -0.2) is 0 Å². The van der Waals surface area contributed by atoms with Crippen molar-refractivity contribution in [3.8, 4) is 0 Å². The molecule has 0 aliphatic carbocycles. The van der Waals surface area contributed by atoms with E-state index in [1.807, 2.05) is 11.8 Å². The summed E-state index contributed by atoms with van der Waals surface area (Å²) in [6, 6.07) is 0.0884. The molecule has 0 aromatic heterocycles. The zero-order chi connectivity index (χ0) is 13.5. The van der Waals surface area contributed by atoms with Gasteiger partial charge in [0.15, 0.2) is 0 Å². The summed E-state index contributed by atoms with van der Waals surface area (Å²) in [6.45, 7) is 7.60. The van der Waals surface area contributed by atoms with Crippen molar-refractivity contribution in [1.82, 2.24) is 10.2 Å². The van der Waals surface area contributed by atoms with Crippen LogP contribution in [0, 0.1) is 11.8 Å². The monoisotopic (exact) mass is 258 g/mol. The van der Waals surface area contributed by atoms with Gasteiger partial charge in [-0.3, -0.25) is 4.79 Å². The Morgan fingerprint density at radius 2 is 2.11 bits per heavy atom. The minimum Gasteiger partial charge on any atom is -0.383 e. The summed E-state index contributed by atoms with van der Waals surface area (Å²) < 4.78 is 10.2.